The maximum Gasteiger partial charge on any atom is 0.180 e. The molecule has 90 valence electrons. The third-order valence-corrected chi connectivity index (χ3v) is 3.25. The van der Waals surface area contributed by atoms with Crippen LogP contribution in [0.3, 0.4) is 0 Å². The van der Waals surface area contributed by atoms with Gasteiger partial charge in [0.1, 0.15) is 5.75 Å². The van der Waals surface area contributed by atoms with E-state index in [1.54, 1.807) is 0 Å². The van der Waals surface area contributed by atoms with E-state index in [1.807, 2.05) is 17.5 Å². The minimum Gasteiger partial charge on any atom is -0.493 e. The molecule has 0 amide bonds. The van der Waals surface area contributed by atoms with E-state index in [4.69, 9.17) is 10.5 Å². The summed E-state index contributed by atoms with van der Waals surface area (Å²) < 4.78 is 5.64. The largest absolute Gasteiger partial charge is 0.493 e. The smallest absolute Gasteiger partial charge is 0.180 e. The van der Waals surface area contributed by atoms with Crippen LogP contribution in [-0.4, -0.2) is 11.6 Å². The van der Waals surface area contributed by atoms with Gasteiger partial charge in [-0.25, -0.2) is 4.98 Å². The Kier molecular flexibility index (Phi) is 3.98. The van der Waals surface area contributed by atoms with Gasteiger partial charge in [-0.1, -0.05) is 19.1 Å². The van der Waals surface area contributed by atoms with Crippen molar-refractivity contribution in [3.8, 4) is 5.75 Å². The normalized spacial score (nSPS) is 10.4. The van der Waals surface area contributed by atoms with Crippen LogP contribution in [0.2, 0.25) is 0 Å². The van der Waals surface area contributed by atoms with Gasteiger partial charge in [0.2, 0.25) is 0 Å². The van der Waals surface area contributed by atoms with Gasteiger partial charge in [0.25, 0.3) is 0 Å². The third-order valence-electron chi connectivity index (χ3n) is 2.53. The van der Waals surface area contributed by atoms with E-state index < -0.39 is 0 Å². The first-order chi connectivity index (χ1) is 8.28. The summed E-state index contributed by atoms with van der Waals surface area (Å²) in [6.45, 7) is 2.77. The minimum absolute atomic E-state index is 0.618. The van der Waals surface area contributed by atoms with Crippen molar-refractivity contribution in [3.63, 3.8) is 0 Å². The number of nitrogen functional groups attached to an aromatic ring is 1. The molecule has 0 radical (unpaired) electrons. The van der Waals surface area contributed by atoms with Gasteiger partial charge in [0, 0.05) is 11.8 Å². The zero-order chi connectivity index (χ0) is 12.1. The SMILES string of the molecule is CCc1ccc(OCCc2csc(N)n2)cc1. The molecule has 0 fully saturated rings. The van der Waals surface area contributed by atoms with Crippen LogP contribution in [0.1, 0.15) is 18.2 Å². The Morgan fingerprint density at radius 2 is 2.06 bits per heavy atom. The van der Waals surface area contributed by atoms with Gasteiger partial charge >= 0.3 is 0 Å². The molecule has 1 aromatic carbocycles. The highest BCUT2D eigenvalue weighted by Gasteiger charge is 1.99. The number of aryl methyl sites for hydroxylation is 1. The predicted octanol–water partition coefficient (Wildman–Crippen LogP) is 2.91. The molecule has 0 unspecified atom stereocenters. The molecule has 0 aliphatic rings. The van der Waals surface area contributed by atoms with Crippen molar-refractivity contribution in [3.05, 3.63) is 40.9 Å². The molecule has 1 aromatic heterocycles. The number of rotatable bonds is 5. The Labute approximate surface area is 105 Å². The van der Waals surface area contributed by atoms with Crippen LogP contribution in [-0.2, 0) is 12.8 Å². The van der Waals surface area contributed by atoms with E-state index in [9.17, 15) is 0 Å². The van der Waals surface area contributed by atoms with Gasteiger partial charge in [-0.2, -0.15) is 0 Å². The van der Waals surface area contributed by atoms with Crippen LogP contribution in [0, 0.1) is 0 Å². The number of thiazole rings is 1. The zero-order valence-electron chi connectivity index (χ0n) is 9.85. The molecule has 17 heavy (non-hydrogen) atoms. The molecule has 0 bridgehead atoms. The van der Waals surface area contributed by atoms with E-state index in [0.717, 1.165) is 24.3 Å². The Morgan fingerprint density at radius 3 is 2.65 bits per heavy atom. The molecule has 1 heterocycles. The topological polar surface area (TPSA) is 48.1 Å². The number of nitrogens with two attached hydrogens (primary N) is 1. The van der Waals surface area contributed by atoms with Crippen molar-refractivity contribution in [1.29, 1.82) is 0 Å². The number of hydrogen-bond donors (Lipinski definition) is 1. The van der Waals surface area contributed by atoms with Gasteiger partial charge in [0.15, 0.2) is 5.13 Å². The van der Waals surface area contributed by atoms with Crippen molar-refractivity contribution in [2.24, 2.45) is 0 Å². The monoisotopic (exact) mass is 248 g/mol. The van der Waals surface area contributed by atoms with Gasteiger partial charge in [-0.05, 0) is 24.1 Å². The highest BCUT2D eigenvalue weighted by Crippen LogP contribution is 2.14. The second kappa shape index (κ2) is 5.68. The first-order valence-electron chi connectivity index (χ1n) is 5.69. The molecule has 2 aromatic rings. The summed E-state index contributed by atoms with van der Waals surface area (Å²) in [7, 11) is 0. The Hall–Kier alpha value is -1.55. The Balaban J connectivity index is 1.81. The van der Waals surface area contributed by atoms with Crippen LogP contribution >= 0.6 is 11.3 Å². The number of hydrogen-bond acceptors (Lipinski definition) is 4. The van der Waals surface area contributed by atoms with Crippen LogP contribution < -0.4 is 10.5 Å². The van der Waals surface area contributed by atoms with Gasteiger partial charge < -0.3 is 10.5 Å². The van der Waals surface area contributed by atoms with E-state index in [1.165, 1.54) is 16.9 Å². The summed E-state index contributed by atoms with van der Waals surface area (Å²) in [5, 5.41) is 2.59. The fourth-order valence-corrected chi connectivity index (χ4v) is 2.13. The summed E-state index contributed by atoms with van der Waals surface area (Å²) in [5.74, 6) is 0.908. The third kappa shape index (κ3) is 3.46. The molecule has 2 rings (SSSR count). The molecule has 0 saturated carbocycles. The number of nitrogens with zero attached hydrogens (tertiary/aromatic N) is 1. The quantitative estimate of drug-likeness (QED) is 0.885. The van der Waals surface area contributed by atoms with Crippen LogP contribution in [0.15, 0.2) is 29.6 Å². The maximum atomic E-state index is 5.64. The molecule has 0 aliphatic heterocycles. The summed E-state index contributed by atoms with van der Waals surface area (Å²) in [4.78, 5) is 4.19. The molecule has 2 N–H and O–H groups in total. The second-order valence-corrected chi connectivity index (χ2v) is 4.66. The van der Waals surface area contributed by atoms with Crippen LogP contribution in [0.5, 0.6) is 5.75 Å². The van der Waals surface area contributed by atoms with Crippen LogP contribution in [0.4, 0.5) is 5.13 Å². The summed E-state index contributed by atoms with van der Waals surface area (Å²) in [5.41, 5.74) is 7.88. The lowest BCUT2D eigenvalue weighted by molar-refractivity contribution is 0.320. The molecule has 0 aliphatic carbocycles. The number of benzene rings is 1. The lowest BCUT2D eigenvalue weighted by Crippen LogP contribution is -2.01. The number of aromatic nitrogens is 1. The first-order valence-corrected chi connectivity index (χ1v) is 6.57. The summed E-state index contributed by atoms with van der Waals surface area (Å²) in [6.07, 6.45) is 1.85. The first kappa shape index (κ1) is 11.9. The van der Waals surface area contributed by atoms with Crippen molar-refractivity contribution in [2.45, 2.75) is 19.8 Å². The average Bonchev–Trinajstić information content (AvgIpc) is 2.76. The molecule has 0 spiro atoms. The lowest BCUT2D eigenvalue weighted by atomic mass is 10.2. The lowest BCUT2D eigenvalue weighted by Gasteiger charge is -2.05. The zero-order valence-corrected chi connectivity index (χ0v) is 10.7. The van der Waals surface area contributed by atoms with E-state index in [0.29, 0.717) is 11.7 Å². The van der Waals surface area contributed by atoms with Crippen molar-refractivity contribution >= 4 is 16.5 Å². The molecule has 0 saturated heterocycles. The Morgan fingerprint density at radius 1 is 1.29 bits per heavy atom. The standard InChI is InChI=1S/C13H16N2OS/c1-2-10-3-5-12(6-4-10)16-8-7-11-9-17-13(14)15-11/h3-6,9H,2,7-8H2,1H3,(H2,14,15). The van der Waals surface area contributed by atoms with Gasteiger partial charge in [-0.15, -0.1) is 11.3 Å². The van der Waals surface area contributed by atoms with Crippen LogP contribution in [0.25, 0.3) is 0 Å². The average molecular weight is 248 g/mol. The molecule has 4 heteroatoms. The minimum atomic E-state index is 0.618. The van der Waals surface area contributed by atoms with Crippen molar-refractivity contribution < 1.29 is 4.74 Å². The fourth-order valence-electron chi connectivity index (χ4n) is 1.53. The number of anilines is 1. The maximum absolute atomic E-state index is 5.64. The summed E-state index contributed by atoms with van der Waals surface area (Å²) in [6, 6.07) is 8.20. The van der Waals surface area contributed by atoms with E-state index in [2.05, 4.69) is 24.0 Å². The molecular weight excluding hydrogens is 232 g/mol. The van der Waals surface area contributed by atoms with E-state index >= 15 is 0 Å². The second-order valence-electron chi connectivity index (χ2n) is 3.77. The molecular formula is C13H16N2OS. The van der Waals surface area contributed by atoms with Crippen molar-refractivity contribution in [2.75, 3.05) is 12.3 Å². The molecule has 0 atom stereocenters. The highest BCUT2D eigenvalue weighted by atomic mass is 32.1. The number of ether oxygens (including phenoxy) is 1. The molecule has 3 nitrogen and oxygen atoms in total. The Bertz CT molecular complexity index is 465. The predicted molar refractivity (Wildman–Crippen MR) is 71.5 cm³/mol. The van der Waals surface area contributed by atoms with E-state index in [-0.39, 0.29) is 0 Å². The fraction of sp³-hybridized carbons (Fsp3) is 0.308. The van der Waals surface area contributed by atoms with Crippen molar-refractivity contribution in [1.82, 2.24) is 4.98 Å². The van der Waals surface area contributed by atoms with Gasteiger partial charge in [0.05, 0.1) is 12.3 Å². The van der Waals surface area contributed by atoms with Gasteiger partial charge in [-0.3, -0.25) is 0 Å². The summed E-state index contributed by atoms with van der Waals surface area (Å²) >= 11 is 1.47. The highest BCUT2D eigenvalue weighted by molar-refractivity contribution is 7.13.